The average Bonchev–Trinajstić information content (AvgIpc) is 2.45. The first-order chi connectivity index (χ1) is 9.59. The molecule has 1 aromatic carbocycles. The maximum atomic E-state index is 12.1. The normalized spacial score (nSPS) is 18.6. The molecule has 0 aromatic heterocycles. The summed E-state index contributed by atoms with van der Waals surface area (Å²) in [6.07, 6.45) is 3.17. The molecule has 0 bridgehead atoms. The molecular weight excluding hydrogens is 258 g/mol. The van der Waals surface area contributed by atoms with Gasteiger partial charge in [-0.1, -0.05) is 12.1 Å². The minimum Gasteiger partial charge on any atom is -0.483 e. The highest BCUT2D eigenvalue weighted by Gasteiger charge is 2.23. The number of carbonyl (C=O) groups excluding carboxylic acids is 1. The van der Waals surface area contributed by atoms with Crippen molar-refractivity contribution in [3.8, 4) is 5.75 Å². The van der Waals surface area contributed by atoms with Gasteiger partial charge in [0.05, 0.1) is 0 Å². The summed E-state index contributed by atoms with van der Waals surface area (Å²) in [5.41, 5.74) is 0.0759. The third kappa shape index (κ3) is 3.29. The maximum Gasteiger partial charge on any atom is 0.339 e. The predicted molar refractivity (Wildman–Crippen MR) is 73.9 cm³/mol. The highest BCUT2D eigenvalue weighted by atomic mass is 16.5. The van der Waals surface area contributed by atoms with Gasteiger partial charge in [-0.15, -0.1) is 0 Å². The molecule has 108 valence electrons. The molecule has 0 radical (unpaired) electrons. The molecule has 1 amide bonds. The Hall–Kier alpha value is -2.04. The monoisotopic (exact) mass is 277 g/mol. The average molecular weight is 277 g/mol. The van der Waals surface area contributed by atoms with Crippen LogP contribution in [0.1, 0.15) is 36.5 Å². The van der Waals surface area contributed by atoms with Gasteiger partial charge in [0, 0.05) is 12.6 Å². The van der Waals surface area contributed by atoms with E-state index in [0.29, 0.717) is 0 Å². The van der Waals surface area contributed by atoms with Gasteiger partial charge in [-0.25, -0.2) is 4.79 Å². The number of nitrogens with zero attached hydrogens (tertiary/aromatic N) is 1. The van der Waals surface area contributed by atoms with Gasteiger partial charge in [0.1, 0.15) is 11.3 Å². The molecule has 2 rings (SSSR count). The van der Waals surface area contributed by atoms with Crippen molar-refractivity contribution < 1.29 is 19.4 Å². The fourth-order valence-corrected chi connectivity index (χ4v) is 2.46. The molecule has 1 unspecified atom stereocenters. The Kier molecular flexibility index (Phi) is 4.61. The zero-order valence-corrected chi connectivity index (χ0v) is 11.5. The van der Waals surface area contributed by atoms with Gasteiger partial charge >= 0.3 is 5.97 Å². The molecule has 20 heavy (non-hydrogen) atoms. The minimum atomic E-state index is -1.06. The lowest BCUT2D eigenvalue weighted by Crippen LogP contribution is -2.44. The molecule has 1 aliphatic heterocycles. The van der Waals surface area contributed by atoms with E-state index in [9.17, 15) is 9.59 Å². The highest BCUT2D eigenvalue weighted by Crippen LogP contribution is 2.19. The highest BCUT2D eigenvalue weighted by molar-refractivity contribution is 5.91. The van der Waals surface area contributed by atoms with Crippen LogP contribution in [0.2, 0.25) is 0 Å². The van der Waals surface area contributed by atoms with E-state index in [1.54, 1.807) is 18.2 Å². The number of para-hydroxylation sites is 1. The topological polar surface area (TPSA) is 66.8 Å². The van der Waals surface area contributed by atoms with Gasteiger partial charge in [-0.05, 0) is 38.3 Å². The fraction of sp³-hybridized carbons (Fsp3) is 0.467. The van der Waals surface area contributed by atoms with Crippen molar-refractivity contribution in [1.82, 2.24) is 4.90 Å². The summed E-state index contributed by atoms with van der Waals surface area (Å²) < 4.78 is 5.39. The summed E-state index contributed by atoms with van der Waals surface area (Å²) in [7, 11) is 0. The summed E-state index contributed by atoms with van der Waals surface area (Å²) in [4.78, 5) is 25.0. The molecular formula is C15H19NO4. The van der Waals surface area contributed by atoms with Gasteiger partial charge in [0.2, 0.25) is 0 Å². The number of ether oxygens (including phenoxy) is 1. The molecule has 1 heterocycles. The summed E-state index contributed by atoms with van der Waals surface area (Å²) in [6, 6.07) is 6.58. The lowest BCUT2D eigenvalue weighted by atomic mass is 10.0. The van der Waals surface area contributed by atoms with Crippen molar-refractivity contribution >= 4 is 11.9 Å². The van der Waals surface area contributed by atoms with Gasteiger partial charge in [0.25, 0.3) is 5.91 Å². The van der Waals surface area contributed by atoms with Crippen LogP contribution in [0.3, 0.4) is 0 Å². The quantitative estimate of drug-likeness (QED) is 0.916. The van der Waals surface area contributed by atoms with E-state index in [4.69, 9.17) is 9.84 Å². The van der Waals surface area contributed by atoms with Crippen molar-refractivity contribution in [2.24, 2.45) is 0 Å². The molecule has 5 heteroatoms. The van der Waals surface area contributed by atoms with E-state index < -0.39 is 5.97 Å². The number of benzene rings is 1. The number of amides is 1. The lowest BCUT2D eigenvalue weighted by molar-refractivity contribution is -0.136. The molecule has 1 fully saturated rings. The summed E-state index contributed by atoms with van der Waals surface area (Å²) in [5.74, 6) is -0.908. The standard InChI is InChI=1S/C15H19NO4/c1-11-6-4-5-9-16(11)14(17)10-20-13-8-3-2-7-12(13)15(18)19/h2-3,7-8,11H,4-6,9-10H2,1H3,(H,18,19). The van der Waals surface area contributed by atoms with Crippen molar-refractivity contribution in [3.63, 3.8) is 0 Å². The Labute approximate surface area is 118 Å². The van der Waals surface area contributed by atoms with E-state index in [1.165, 1.54) is 6.07 Å². The summed E-state index contributed by atoms with van der Waals surface area (Å²) in [5, 5.41) is 9.05. The number of carboxylic acid groups (broad SMARTS) is 1. The molecule has 0 spiro atoms. The van der Waals surface area contributed by atoms with E-state index in [1.807, 2.05) is 11.8 Å². The Bertz CT molecular complexity index is 500. The summed E-state index contributed by atoms with van der Waals surface area (Å²) in [6.45, 7) is 2.67. The zero-order valence-electron chi connectivity index (χ0n) is 11.5. The molecule has 1 atom stereocenters. The second-order valence-electron chi connectivity index (χ2n) is 5.02. The largest absolute Gasteiger partial charge is 0.483 e. The van der Waals surface area contributed by atoms with E-state index in [0.717, 1.165) is 25.8 Å². The Morgan fingerprint density at radius 1 is 1.35 bits per heavy atom. The molecule has 5 nitrogen and oxygen atoms in total. The molecule has 1 aliphatic rings. The SMILES string of the molecule is CC1CCCCN1C(=O)COc1ccccc1C(=O)O. The van der Waals surface area contributed by atoms with Gasteiger partial charge in [-0.3, -0.25) is 4.79 Å². The van der Waals surface area contributed by atoms with Crippen LogP contribution < -0.4 is 4.74 Å². The van der Waals surface area contributed by atoms with Crippen LogP contribution in [0, 0.1) is 0 Å². The Balaban J connectivity index is 1.98. The predicted octanol–water partition coefficient (Wildman–Crippen LogP) is 2.16. The number of carboxylic acids is 1. The maximum absolute atomic E-state index is 12.1. The smallest absolute Gasteiger partial charge is 0.339 e. The molecule has 1 saturated heterocycles. The molecule has 0 aliphatic carbocycles. The van der Waals surface area contributed by atoms with E-state index in [-0.39, 0.29) is 29.9 Å². The first kappa shape index (κ1) is 14.4. The first-order valence-electron chi connectivity index (χ1n) is 6.84. The number of hydrogen-bond donors (Lipinski definition) is 1. The van der Waals surface area contributed by atoms with Crippen LogP contribution in [0.4, 0.5) is 0 Å². The third-order valence-electron chi connectivity index (χ3n) is 3.59. The van der Waals surface area contributed by atoms with Crippen molar-refractivity contribution in [2.75, 3.05) is 13.2 Å². The van der Waals surface area contributed by atoms with Crippen molar-refractivity contribution in [1.29, 1.82) is 0 Å². The number of carbonyl (C=O) groups is 2. The number of rotatable bonds is 4. The fourth-order valence-electron chi connectivity index (χ4n) is 2.46. The van der Waals surface area contributed by atoms with Crippen LogP contribution in [-0.2, 0) is 4.79 Å². The van der Waals surface area contributed by atoms with E-state index >= 15 is 0 Å². The zero-order chi connectivity index (χ0) is 14.5. The number of piperidine rings is 1. The second-order valence-corrected chi connectivity index (χ2v) is 5.02. The Morgan fingerprint density at radius 3 is 2.80 bits per heavy atom. The number of hydrogen-bond acceptors (Lipinski definition) is 3. The van der Waals surface area contributed by atoms with Crippen molar-refractivity contribution in [3.05, 3.63) is 29.8 Å². The lowest BCUT2D eigenvalue weighted by Gasteiger charge is -2.33. The molecule has 0 saturated carbocycles. The second kappa shape index (κ2) is 6.41. The van der Waals surface area contributed by atoms with Crippen molar-refractivity contribution in [2.45, 2.75) is 32.2 Å². The number of likely N-dealkylation sites (tertiary alicyclic amines) is 1. The molecule has 1 N–H and O–H groups in total. The summed E-state index contributed by atoms with van der Waals surface area (Å²) >= 11 is 0. The van der Waals surface area contributed by atoms with Crippen LogP contribution >= 0.6 is 0 Å². The van der Waals surface area contributed by atoms with Crippen LogP contribution in [0.25, 0.3) is 0 Å². The van der Waals surface area contributed by atoms with Crippen LogP contribution in [0.15, 0.2) is 24.3 Å². The van der Waals surface area contributed by atoms with E-state index in [2.05, 4.69) is 0 Å². The van der Waals surface area contributed by atoms with Crippen LogP contribution in [0.5, 0.6) is 5.75 Å². The first-order valence-corrected chi connectivity index (χ1v) is 6.84. The number of aromatic carboxylic acids is 1. The van der Waals surface area contributed by atoms with Gasteiger partial charge in [-0.2, -0.15) is 0 Å². The Morgan fingerprint density at radius 2 is 2.10 bits per heavy atom. The third-order valence-corrected chi connectivity index (χ3v) is 3.59. The van der Waals surface area contributed by atoms with Crippen LogP contribution in [-0.4, -0.2) is 41.1 Å². The van der Waals surface area contributed by atoms with Gasteiger partial charge < -0.3 is 14.7 Å². The van der Waals surface area contributed by atoms with Gasteiger partial charge in [0.15, 0.2) is 6.61 Å². The minimum absolute atomic E-state index is 0.0759. The molecule has 1 aromatic rings.